The quantitative estimate of drug-likeness (QED) is 0.898. The van der Waals surface area contributed by atoms with Gasteiger partial charge >= 0.3 is 0 Å². The van der Waals surface area contributed by atoms with Gasteiger partial charge < -0.3 is 10.0 Å². The highest BCUT2D eigenvalue weighted by Crippen LogP contribution is 2.24. The second-order valence-corrected chi connectivity index (χ2v) is 4.44. The van der Waals surface area contributed by atoms with E-state index in [2.05, 4.69) is 0 Å². The maximum absolute atomic E-state index is 13.1. The summed E-state index contributed by atoms with van der Waals surface area (Å²) in [7, 11) is 3.91. The summed E-state index contributed by atoms with van der Waals surface area (Å²) in [5, 5.41) is 10.2. The molecule has 0 aliphatic heterocycles. The molecule has 94 valence electrons. The maximum atomic E-state index is 13.1. The molecule has 0 radical (unpaired) electrons. The lowest BCUT2D eigenvalue weighted by Gasteiger charge is -2.15. The molecule has 2 rings (SSSR count). The molecule has 0 saturated carbocycles. The first-order valence-electron chi connectivity index (χ1n) is 5.79. The second kappa shape index (κ2) is 5.19. The molecule has 0 fully saturated rings. The minimum atomic E-state index is -0.795. The molecule has 1 N–H and O–H groups in total. The third kappa shape index (κ3) is 2.68. The third-order valence-corrected chi connectivity index (χ3v) is 2.89. The fourth-order valence-corrected chi connectivity index (χ4v) is 1.82. The maximum Gasteiger partial charge on any atom is 0.123 e. The Hall–Kier alpha value is -1.87. The fraction of sp³-hybridized carbons (Fsp3) is 0.200. The zero-order chi connectivity index (χ0) is 13.1. The lowest BCUT2D eigenvalue weighted by Crippen LogP contribution is -2.08. The van der Waals surface area contributed by atoms with Gasteiger partial charge in [-0.3, -0.25) is 0 Å². The molecule has 1 atom stereocenters. The average Bonchev–Trinajstić information content (AvgIpc) is 2.38. The van der Waals surface area contributed by atoms with Crippen LogP contribution in [0.15, 0.2) is 48.5 Å². The van der Waals surface area contributed by atoms with Crippen molar-refractivity contribution >= 4 is 5.69 Å². The van der Waals surface area contributed by atoms with Gasteiger partial charge in [-0.25, -0.2) is 4.39 Å². The molecule has 18 heavy (non-hydrogen) atoms. The topological polar surface area (TPSA) is 23.5 Å². The van der Waals surface area contributed by atoms with Crippen LogP contribution >= 0.6 is 0 Å². The van der Waals surface area contributed by atoms with Crippen molar-refractivity contribution in [2.75, 3.05) is 19.0 Å². The van der Waals surface area contributed by atoms with Crippen LogP contribution in [0.2, 0.25) is 0 Å². The van der Waals surface area contributed by atoms with Crippen LogP contribution in [0.5, 0.6) is 0 Å². The fourth-order valence-electron chi connectivity index (χ4n) is 1.82. The van der Waals surface area contributed by atoms with E-state index in [4.69, 9.17) is 0 Å². The summed E-state index contributed by atoms with van der Waals surface area (Å²) in [4.78, 5) is 1.98. The zero-order valence-corrected chi connectivity index (χ0v) is 10.5. The molecule has 1 unspecified atom stereocenters. The van der Waals surface area contributed by atoms with Crippen LogP contribution < -0.4 is 4.90 Å². The second-order valence-electron chi connectivity index (χ2n) is 4.44. The summed E-state index contributed by atoms with van der Waals surface area (Å²) in [6.07, 6.45) is -0.795. The van der Waals surface area contributed by atoms with Crippen molar-refractivity contribution in [3.8, 4) is 0 Å². The molecule has 0 bridgehead atoms. The van der Waals surface area contributed by atoms with E-state index in [-0.39, 0.29) is 5.82 Å². The minimum Gasteiger partial charge on any atom is -0.384 e. The summed E-state index contributed by atoms with van der Waals surface area (Å²) in [5.41, 5.74) is 2.38. The van der Waals surface area contributed by atoms with Crippen molar-refractivity contribution < 1.29 is 9.50 Å². The molecular weight excluding hydrogens is 229 g/mol. The Morgan fingerprint density at radius 1 is 1.00 bits per heavy atom. The van der Waals surface area contributed by atoms with Gasteiger partial charge in [0.15, 0.2) is 0 Å². The molecule has 0 aliphatic rings. The van der Waals surface area contributed by atoms with Gasteiger partial charge in [-0.2, -0.15) is 0 Å². The predicted molar refractivity (Wildman–Crippen MR) is 71.2 cm³/mol. The molecule has 2 aromatic rings. The van der Waals surface area contributed by atoms with Gasteiger partial charge in [0.05, 0.1) is 0 Å². The molecule has 2 aromatic carbocycles. The first kappa shape index (κ1) is 12.6. The van der Waals surface area contributed by atoms with Crippen molar-refractivity contribution in [3.63, 3.8) is 0 Å². The van der Waals surface area contributed by atoms with Crippen molar-refractivity contribution in [2.45, 2.75) is 6.10 Å². The van der Waals surface area contributed by atoms with Crippen LogP contribution in [0, 0.1) is 5.82 Å². The number of aliphatic hydroxyl groups is 1. The Balaban J connectivity index is 2.26. The van der Waals surface area contributed by atoms with Crippen molar-refractivity contribution in [1.82, 2.24) is 0 Å². The smallest absolute Gasteiger partial charge is 0.123 e. The largest absolute Gasteiger partial charge is 0.384 e. The van der Waals surface area contributed by atoms with Crippen molar-refractivity contribution in [1.29, 1.82) is 0 Å². The molecule has 0 aromatic heterocycles. The molecule has 0 spiro atoms. The van der Waals surface area contributed by atoms with Crippen LogP contribution in [0.3, 0.4) is 0 Å². The summed E-state index contributed by atoms with van der Waals surface area (Å²) < 4.78 is 13.1. The van der Waals surface area contributed by atoms with Gasteiger partial charge in [0.25, 0.3) is 0 Å². The normalized spacial score (nSPS) is 12.2. The minimum absolute atomic E-state index is 0.337. The van der Waals surface area contributed by atoms with Gasteiger partial charge in [-0.1, -0.05) is 24.3 Å². The Kier molecular flexibility index (Phi) is 3.63. The van der Waals surface area contributed by atoms with E-state index in [1.807, 2.05) is 43.3 Å². The van der Waals surface area contributed by atoms with E-state index in [1.165, 1.54) is 12.1 Å². The number of rotatable bonds is 3. The molecular formula is C15H16FNO. The van der Waals surface area contributed by atoms with Crippen LogP contribution in [-0.4, -0.2) is 19.2 Å². The zero-order valence-electron chi connectivity index (χ0n) is 10.5. The first-order valence-corrected chi connectivity index (χ1v) is 5.79. The number of aliphatic hydroxyl groups excluding tert-OH is 1. The molecule has 2 nitrogen and oxygen atoms in total. The van der Waals surface area contributed by atoms with E-state index >= 15 is 0 Å². The molecule has 0 saturated heterocycles. The van der Waals surface area contributed by atoms with Crippen LogP contribution in [-0.2, 0) is 0 Å². The lowest BCUT2D eigenvalue weighted by molar-refractivity contribution is 0.220. The summed E-state index contributed by atoms with van der Waals surface area (Å²) in [6, 6.07) is 13.6. The Morgan fingerprint density at radius 2 is 1.67 bits per heavy atom. The number of hydrogen-bond acceptors (Lipinski definition) is 2. The lowest BCUT2D eigenvalue weighted by atomic mass is 10.0. The number of nitrogens with zero attached hydrogens (tertiary/aromatic N) is 1. The molecule has 0 aliphatic carbocycles. The Bertz CT molecular complexity index is 522. The van der Waals surface area contributed by atoms with E-state index in [0.29, 0.717) is 5.56 Å². The highest BCUT2D eigenvalue weighted by Gasteiger charge is 2.11. The van der Waals surface area contributed by atoms with Crippen molar-refractivity contribution in [2.24, 2.45) is 0 Å². The summed E-state index contributed by atoms with van der Waals surface area (Å²) in [6.45, 7) is 0. The SMILES string of the molecule is CN(C)c1ccc(C(O)c2cccc(F)c2)cc1. The average molecular weight is 245 g/mol. The Morgan fingerprint density at radius 3 is 2.22 bits per heavy atom. The predicted octanol–water partition coefficient (Wildman–Crippen LogP) is 2.97. The number of halogens is 1. The summed E-state index contributed by atoms with van der Waals surface area (Å²) in [5.74, 6) is -0.337. The van der Waals surface area contributed by atoms with Gasteiger partial charge in [-0.05, 0) is 35.4 Å². The van der Waals surface area contributed by atoms with E-state index < -0.39 is 6.10 Å². The van der Waals surface area contributed by atoms with E-state index in [0.717, 1.165) is 11.3 Å². The first-order chi connectivity index (χ1) is 8.58. The van der Waals surface area contributed by atoms with Gasteiger partial charge in [0, 0.05) is 19.8 Å². The molecule has 0 heterocycles. The Labute approximate surface area is 106 Å². The van der Waals surface area contributed by atoms with Gasteiger partial charge in [0.1, 0.15) is 11.9 Å². The monoisotopic (exact) mass is 245 g/mol. The third-order valence-electron chi connectivity index (χ3n) is 2.89. The number of anilines is 1. The van der Waals surface area contributed by atoms with Gasteiger partial charge in [0.2, 0.25) is 0 Å². The molecule has 3 heteroatoms. The highest BCUT2D eigenvalue weighted by molar-refractivity contribution is 5.47. The summed E-state index contributed by atoms with van der Waals surface area (Å²) >= 11 is 0. The van der Waals surface area contributed by atoms with Crippen molar-refractivity contribution in [3.05, 3.63) is 65.5 Å². The van der Waals surface area contributed by atoms with E-state index in [9.17, 15) is 9.50 Å². The number of hydrogen-bond donors (Lipinski definition) is 1. The molecule has 0 amide bonds. The number of benzene rings is 2. The van der Waals surface area contributed by atoms with Crippen LogP contribution in [0.1, 0.15) is 17.2 Å². The van der Waals surface area contributed by atoms with E-state index in [1.54, 1.807) is 12.1 Å². The van der Waals surface area contributed by atoms with Crippen LogP contribution in [0.25, 0.3) is 0 Å². The highest BCUT2D eigenvalue weighted by atomic mass is 19.1. The van der Waals surface area contributed by atoms with Crippen LogP contribution in [0.4, 0.5) is 10.1 Å². The van der Waals surface area contributed by atoms with Gasteiger partial charge in [-0.15, -0.1) is 0 Å². The standard InChI is InChI=1S/C15H16FNO/c1-17(2)14-8-6-11(7-9-14)15(18)12-4-3-5-13(16)10-12/h3-10,15,18H,1-2H3.